The fourth-order valence-corrected chi connectivity index (χ4v) is 2.97. The first-order valence-electron chi connectivity index (χ1n) is 8.20. The van der Waals surface area contributed by atoms with Crippen molar-refractivity contribution >= 4 is 5.78 Å². The van der Waals surface area contributed by atoms with E-state index in [9.17, 15) is 25.2 Å². The third-order valence-electron chi connectivity index (χ3n) is 4.28. The highest BCUT2D eigenvalue weighted by Gasteiger charge is 2.31. The van der Waals surface area contributed by atoms with Gasteiger partial charge in [0, 0.05) is 17.7 Å². The number of phenolic OH excluding ortho intramolecular Hbond substituents is 4. The van der Waals surface area contributed by atoms with E-state index in [1.54, 1.807) is 6.07 Å². The smallest absolute Gasteiger partial charge is 0.174 e. The lowest BCUT2D eigenvalue weighted by Crippen LogP contribution is -2.20. The van der Waals surface area contributed by atoms with Gasteiger partial charge in [-0.05, 0) is 38.0 Å². The van der Waals surface area contributed by atoms with E-state index in [4.69, 9.17) is 4.74 Å². The van der Waals surface area contributed by atoms with Crippen LogP contribution in [-0.2, 0) is 6.42 Å². The van der Waals surface area contributed by atoms with Crippen LogP contribution in [0.3, 0.4) is 0 Å². The maximum Gasteiger partial charge on any atom is 0.174 e. The minimum atomic E-state index is -0.701. The Morgan fingerprint density at radius 2 is 1.85 bits per heavy atom. The minimum absolute atomic E-state index is 0.0301. The zero-order chi connectivity index (χ0) is 19.0. The molecule has 0 amide bonds. The molecule has 6 heteroatoms. The van der Waals surface area contributed by atoms with Gasteiger partial charge in [0.1, 0.15) is 28.9 Å². The molecular formula is C20H20O6. The third-order valence-corrected chi connectivity index (χ3v) is 4.28. The van der Waals surface area contributed by atoms with Crippen LogP contribution in [0.4, 0.5) is 0 Å². The molecule has 0 radical (unpaired) electrons. The van der Waals surface area contributed by atoms with Crippen LogP contribution in [0, 0.1) is 0 Å². The number of carbonyl (C=O) groups is 1. The SMILES string of the molecule is CC(C)=CCc1cc([C@H]2CC(=O)c3c(O)cc(O)cc3O2)cc(O)c1O. The Hall–Kier alpha value is -3.15. The number of carbonyl (C=O) groups excluding carboxylic acids is 1. The van der Waals surface area contributed by atoms with Gasteiger partial charge < -0.3 is 25.2 Å². The van der Waals surface area contributed by atoms with Crippen LogP contribution in [0.1, 0.15) is 47.9 Å². The van der Waals surface area contributed by atoms with Gasteiger partial charge in [-0.15, -0.1) is 0 Å². The largest absolute Gasteiger partial charge is 0.508 e. The van der Waals surface area contributed by atoms with Gasteiger partial charge >= 0.3 is 0 Å². The summed E-state index contributed by atoms with van der Waals surface area (Å²) in [5.74, 6) is -1.28. The molecule has 0 spiro atoms. The fourth-order valence-electron chi connectivity index (χ4n) is 2.97. The van der Waals surface area contributed by atoms with Gasteiger partial charge in [0.2, 0.25) is 0 Å². The van der Waals surface area contributed by atoms with Crippen molar-refractivity contribution in [3.05, 3.63) is 52.6 Å². The molecule has 2 aromatic carbocycles. The number of phenols is 4. The number of allylic oxidation sites excluding steroid dienone is 2. The molecular weight excluding hydrogens is 336 g/mol. The van der Waals surface area contributed by atoms with Crippen LogP contribution >= 0.6 is 0 Å². The Morgan fingerprint density at radius 3 is 2.54 bits per heavy atom. The second kappa shape index (κ2) is 6.63. The zero-order valence-electron chi connectivity index (χ0n) is 14.5. The molecule has 1 aliphatic rings. The van der Waals surface area contributed by atoms with Crippen LogP contribution in [0.15, 0.2) is 35.9 Å². The van der Waals surface area contributed by atoms with Crippen molar-refractivity contribution in [3.63, 3.8) is 0 Å². The maximum absolute atomic E-state index is 12.4. The van der Waals surface area contributed by atoms with Gasteiger partial charge in [-0.3, -0.25) is 4.79 Å². The summed E-state index contributed by atoms with van der Waals surface area (Å²) in [6.45, 7) is 3.86. The van der Waals surface area contributed by atoms with E-state index in [1.807, 2.05) is 19.9 Å². The summed E-state index contributed by atoms with van der Waals surface area (Å²) in [5, 5.41) is 39.6. The van der Waals surface area contributed by atoms with Gasteiger partial charge in [0.05, 0.1) is 6.42 Å². The molecule has 136 valence electrons. The molecule has 0 aliphatic carbocycles. The summed E-state index contributed by atoms with van der Waals surface area (Å²) >= 11 is 0. The van der Waals surface area contributed by atoms with Gasteiger partial charge in [0.25, 0.3) is 0 Å². The molecule has 0 unspecified atom stereocenters. The molecule has 3 rings (SSSR count). The molecule has 4 N–H and O–H groups in total. The quantitative estimate of drug-likeness (QED) is 0.493. The summed E-state index contributed by atoms with van der Waals surface area (Å²) < 4.78 is 5.78. The van der Waals surface area contributed by atoms with Crippen molar-refractivity contribution in [2.45, 2.75) is 32.8 Å². The molecule has 0 aromatic heterocycles. The molecule has 0 saturated carbocycles. The lowest BCUT2D eigenvalue weighted by atomic mass is 9.93. The monoisotopic (exact) mass is 356 g/mol. The van der Waals surface area contributed by atoms with E-state index in [-0.39, 0.29) is 46.5 Å². The Labute approximate surface area is 150 Å². The van der Waals surface area contributed by atoms with E-state index in [2.05, 4.69) is 0 Å². The van der Waals surface area contributed by atoms with E-state index in [0.29, 0.717) is 17.5 Å². The number of aromatic hydroxyl groups is 4. The van der Waals surface area contributed by atoms with Crippen molar-refractivity contribution in [1.29, 1.82) is 0 Å². The van der Waals surface area contributed by atoms with Crippen LogP contribution in [0.2, 0.25) is 0 Å². The zero-order valence-corrected chi connectivity index (χ0v) is 14.5. The molecule has 1 aliphatic heterocycles. The average molecular weight is 356 g/mol. The van der Waals surface area contributed by atoms with Gasteiger partial charge in [-0.2, -0.15) is 0 Å². The highest BCUT2D eigenvalue weighted by atomic mass is 16.5. The number of benzene rings is 2. The molecule has 0 fully saturated rings. The minimum Gasteiger partial charge on any atom is -0.508 e. The Morgan fingerprint density at radius 1 is 1.12 bits per heavy atom. The van der Waals surface area contributed by atoms with Gasteiger partial charge in [0.15, 0.2) is 17.3 Å². The van der Waals surface area contributed by atoms with Crippen molar-refractivity contribution in [1.82, 2.24) is 0 Å². The Bertz CT molecular complexity index is 909. The summed E-state index contributed by atoms with van der Waals surface area (Å²) in [6, 6.07) is 5.39. The molecule has 1 atom stereocenters. The number of Topliss-reactive ketones (excluding diaryl/α,β-unsaturated/α-hetero) is 1. The summed E-state index contributed by atoms with van der Waals surface area (Å²) in [5.41, 5.74) is 2.14. The van der Waals surface area contributed by atoms with Crippen LogP contribution in [-0.4, -0.2) is 26.2 Å². The number of fused-ring (bicyclic) bond motifs is 1. The normalized spacial score (nSPS) is 15.9. The third kappa shape index (κ3) is 3.31. The number of hydrogen-bond donors (Lipinski definition) is 4. The summed E-state index contributed by atoms with van der Waals surface area (Å²) in [7, 11) is 0. The molecule has 0 bridgehead atoms. The first-order valence-corrected chi connectivity index (χ1v) is 8.20. The molecule has 26 heavy (non-hydrogen) atoms. The van der Waals surface area contributed by atoms with Crippen molar-refractivity contribution < 1.29 is 30.0 Å². The first kappa shape index (κ1) is 17.7. The van der Waals surface area contributed by atoms with Crippen molar-refractivity contribution in [3.8, 4) is 28.7 Å². The van der Waals surface area contributed by atoms with Crippen LogP contribution in [0.5, 0.6) is 28.7 Å². The molecule has 1 heterocycles. The van der Waals surface area contributed by atoms with E-state index in [0.717, 1.165) is 11.6 Å². The highest BCUT2D eigenvalue weighted by molar-refractivity contribution is 6.02. The number of ether oxygens (including phenoxy) is 1. The predicted octanol–water partition coefficient (Wildman–Crippen LogP) is 3.72. The molecule has 2 aromatic rings. The second-order valence-corrected chi connectivity index (χ2v) is 6.61. The Kier molecular flexibility index (Phi) is 4.50. The fraction of sp³-hybridized carbons (Fsp3) is 0.250. The topological polar surface area (TPSA) is 107 Å². The number of rotatable bonds is 3. The van der Waals surface area contributed by atoms with E-state index >= 15 is 0 Å². The van der Waals surface area contributed by atoms with Crippen LogP contribution in [0.25, 0.3) is 0 Å². The van der Waals surface area contributed by atoms with E-state index < -0.39 is 6.10 Å². The maximum atomic E-state index is 12.4. The number of ketones is 1. The highest BCUT2D eigenvalue weighted by Crippen LogP contribution is 2.43. The summed E-state index contributed by atoms with van der Waals surface area (Å²) in [6.07, 6.45) is 1.61. The van der Waals surface area contributed by atoms with Crippen LogP contribution < -0.4 is 4.74 Å². The second-order valence-electron chi connectivity index (χ2n) is 6.61. The predicted molar refractivity (Wildman–Crippen MR) is 95.0 cm³/mol. The standard InChI is InChI=1S/C20H20O6/c1-10(2)3-4-11-5-12(6-16(24)20(11)25)17-9-15(23)19-14(22)7-13(21)8-18(19)26-17/h3,5-8,17,21-22,24-25H,4,9H2,1-2H3/t17-/m1/s1. The number of hydrogen-bond acceptors (Lipinski definition) is 6. The average Bonchev–Trinajstić information content (AvgIpc) is 2.54. The van der Waals surface area contributed by atoms with Gasteiger partial charge in [-0.25, -0.2) is 0 Å². The first-order chi connectivity index (χ1) is 12.3. The van der Waals surface area contributed by atoms with Crippen molar-refractivity contribution in [2.75, 3.05) is 0 Å². The molecule has 0 saturated heterocycles. The van der Waals surface area contributed by atoms with E-state index in [1.165, 1.54) is 12.1 Å². The lowest BCUT2D eigenvalue weighted by Gasteiger charge is -2.26. The Balaban J connectivity index is 1.99. The lowest BCUT2D eigenvalue weighted by molar-refractivity contribution is 0.0844. The molecule has 6 nitrogen and oxygen atoms in total. The summed E-state index contributed by atoms with van der Waals surface area (Å²) in [4.78, 5) is 12.4. The van der Waals surface area contributed by atoms with Crippen molar-refractivity contribution in [2.24, 2.45) is 0 Å². The van der Waals surface area contributed by atoms with Gasteiger partial charge in [-0.1, -0.05) is 11.6 Å².